The number of nitrogens with zero attached hydrogens (tertiary/aromatic N) is 4. The lowest BCUT2D eigenvalue weighted by atomic mass is 9.90. The van der Waals surface area contributed by atoms with Gasteiger partial charge in [0.1, 0.15) is 23.3 Å². The number of ether oxygens (including phenoxy) is 3. The van der Waals surface area contributed by atoms with Crippen LogP contribution in [-0.2, 0) is 19.0 Å². The van der Waals surface area contributed by atoms with Gasteiger partial charge >= 0.3 is 12.2 Å². The molecule has 13 heteroatoms. The van der Waals surface area contributed by atoms with Gasteiger partial charge in [0.15, 0.2) is 0 Å². The molecule has 1 saturated carbocycles. The third-order valence-electron chi connectivity index (χ3n) is 12.6. The van der Waals surface area contributed by atoms with Gasteiger partial charge < -0.3 is 34.4 Å². The van der Waals surface area contributed by atoms with E-state index < -0.39 is 17.7 Å². The quantitative estimate of drug-likeness (QED) is 0.141. The van der Waals surface area contributed by atoms with Crippen molar-refractivity contribution in [3.05, 3.63) is 84.7 Å². The molecule has 0 bridgehead atoms. The molecule has 5 heterocycles. The minimum atomic E-state index is -0.674. The number of aromatic amines is 2. The number of likely N-dealkylation sites (tertiary alicyclic amines) is 2. The SMILES string of the molecule is COC(=O)N[C@H](C(=O)N1CCC[C@H]1c1ncc(-c2ccc(-c3ccc4cc(-c5cnc([C@@H]6CC7(CC7)CN6C(=O)OC(C)(C)C)[nH]5)ccc4c3)cc2)[nH]1)C1CCOCC1. The van der Waals surface area contributed by atoms with Crippen molar-refractivity contribution in [3.63, 3.8) is 0 Å². The van der Waals surface area contributed by atoms with Gasteiger partial charge in [0, 0.05) is 31.9 Å². The van der Waals surface area contributed by atoms with Gasteiger partial charge in [-0.2, -0.15) is 0 Å². The molecule has 3 saturated heterocycles. The smallest absolute Gasteiger partial charge is 0.410 e. The molecule has 5 aromatic rings. The number of aromatic nitrogens is 4. The molecule has 4 fully saturated rings. The molecule has 9 rings (SSSR count). The first-order valence-corrected chi connectivity index (χ1v) is 20.9. The van der Waals surface area contributed by atoms with Crippen LogP contribution in [0, 0.1) is 11.3 Å². The molecular formula is C46H53N7O6. The molecule has 3 amide bonds. The standard InChI is InChI=1S/C46H53N7O6/c1-45(2,3)59-44(56)53-27-46(17-18-46)24-38(53)41-48-26-36(50-41)34-14-13-32-22-31(11-12-33(32)23-34)28-7-9-29(10-8-28)35-25-47-40(49-35)37-6-5-19-52(37)42(54)39(51-43(55)57-4)30-15-20-58-21-16-30/h7-14,22-23,25-26,30,37-39H,5-6,15-21,24,27H2,1-4H3,(H,47,49)(H,48,50)(H,51,55)/t37-,38-,39-/m0/s1. The van der Waals surface area contributed by atoms with E-state index in [0.29, 0.717) is 39.1 Å². The lowest BCUT2D eigenvalue weighted by Gasteiger charge is -2.34. The topological polar surface area (TPSA) is 155 Å². The Labute approximate surface area is 344 Å². The number of nitrogens with one attached hydrogen (secondary N) is 3. The lowest BCUT2D eigenvalue weighted by Crippen LogP contribution is -2.53. The Bertz CT molecular complexity index is 2350. The van der Waals surface area contributed by atoms with Gasteiger partial charge in [-0.3, -0.25) is 9.69 Å². The zero-order valence-corrected chi connectivity index (χ0v) is 34.3. The summed E-state index contributed by atoms with van der Waals surface area (Å²) in [5.41, 5.74) is 5.70. The molecule has 2 aromatic heterocycles. The summed E-state index contributed by atoms with van der Waals surface area (Å²) in [6.45, 7) is 8.17. The van der Waals surface area contributed by atoms with E-state index in [1.54, 1.807) is 0 Å². The third kappa shape index (κ3) is 8.04. The third-order valence-corrected chi connectivity index (χ3v) is 12.6. The predicted octanol–water partition coefficient (Wildman–Crippen LogP) is 8.56. The average Bonchev–Trinajstić information content (AvgIpc) is 3.77. The maximum absolute atomic E-state index is 14.0. The number of benzene rings is 3. The van der Waals surface area contributed by atoms with Gasteiger partial charge in [0.25, 0.3) is 0 Å². The summed E-state index contributed by atoms with van der Waals surface area (Å²) in [5.74, 6) is 1.43. The van der Waals surface area contributed by atoms with Crippen molar-refractivity contribution in [1.82, 2.24) is 35.1 Å². The number of methoxy groups -OCH3 is 1. The number of amides is 3. The van der Waals surface area contributed by atoms with Gasteiger partial charge in [0.05, 0.1) is 43.0 Å². The molecule has 0 radical (unpaired) electrons. The fraction of sp³-hybridized carbons (Fsp3) is 0.457. The molecule has 1 aliphatic carbocycles. The van der Waals surface area contributed by atoms with Gasteiger partial charge in [-0.15, -0.1) is 0 Å². The van der Waals surface area contributed by atoms with Crippen LogP contribution in [0.4, 0.5) is 9.59 Å². The zero-order valence-electron chi connectivity index (χ0n) is 34.3. The van der Waals surface area contributed by atoms with Crippen LogP contribution in [0.3, 0.4) is 0 Å². The van der Waals surface area contributed by atoms with Crippen LogP contribution in [0.25, 0.3) is 44.4 Å². The number of carbonyl (C=O) groups is 3. The molecule has 1 spiro atoms. The summed E-state index contributed by atoms with van der Waals surface area (Å²) in [6, 6.07) is 20.4. The fourth-order valence-electron chi connectivity index (χ4n) is 9.20. The molecule has 3 N–H and O–H groups in total. The number of H-pyrrole nitrogens is 2. The second-order valence-corrected chi connectivity index (χ2v) is 17.8. The van der Waals surface area contributed by atoms with Crippen molar-refractivity contribution in [1.29, 1.82) is 0 Å². The van der Waals surface area contributed by atoms with Crippen molar-refractivity contribution >= 4 is 28.9 Å². The number of carbonyl (C=O) groups excluding carboxylic acids is 3. The van der Waals surface area contributed by atoms with Crippen LogP contribution in [0.1, 0.15) is 89.4 Å². The Balaban J connectivity index is 0.876. The molecule has 3 aromatic carbocycles. The first kappa shape index (κ1) is 38.8. The number of hydrogen-bond acceptors (Lipinski definition) is 8. The number of imidazole rings is 2. The monoisotopic (exact) mass is 799 g/mol. The molecule has 308 valence electrons. The van der Waals surface area contributed by atoms with E-state index in [4.69, 9.17) is 24.2 Å². The Morgan fingerprint density at radius 2 is 1.42 bits per heavy atom. The molecule has 13 nitrogen and oxygen atoms in total. The normalized spacial score (nSPS) is 20.9. The van der Waals surface area contributed by atoms with Crippen LogP contribution in [0.15, 0.2) is 73.1 Å². The number of rotatable bonds is 8. The largest absolute Gasteiger partial charge is 0.453 e. The Kier molecular flexibility index (Phi) is 10.2. The molecule has 0 unspecified atom stereocenters. The summed E-state index contributed by atoms with van der Waals surface area (Å²) < 4.78 is 16.2. The van der Waals surface area contributed by atoms with Crippen molar-refractivity contribution in [2.45, 2.75) is 89.4 Å². The van der Waals surface area contributed by atoms with Crippen LogP contribution in [0.5, 0.6) is 0 Å². The molecule has 3 aliphatic heterocycles. The van der Waals surface area contributed by atoms with Gasteiger partial charge in [-0.1, -0.05) is 48.5 Å². The van der Waals surface area contributed by atoms with E-state index in [0.717, 1.165) is 88.2 Å². The van der Waals surface area contributed by atoms with E-state index in [2.05, 4.69) is 75.9 Å². The second-order valence-electron chi connectivity index (χ2n) is 17.8. The summed E-state index contributed by atoms with van der Waals surface area (Å²) in [5, 5.41) is 5.07. The van der Waals surface area contributed by atoms with E-state index in [1.807, 2.05) is 43.0 Å². The minimum absolute atomic E-state index is 0.0179. The van der Waals surface area contributed by atoms with Gasteiger partial charge in [0.2, 0.25) is 5.91 Å². The summed E-state index contributed by atoms with van der Waals surface area (Å²) in [4.78, 5) is 59.7. The summed E-state index contributed by atoms with van der Waals surface area (Å²) >= 11 is 0. The van der Waals surface area contributed by atoms with Crippen LogP contribution < -0.4 is 5.32 Å². The van der Waals surface area contributed by atoms with E-state index in [1.165, 1.54) is 7.11 Å². The highest BCUT2D eigenvalue weighted by molar-refractivity contribution is 5.91. The van der Waals surface area contributed by atoms with Crippen molar-refractivity contribution in [3.8, 4) is 33.6 Å². The van der Waals surface area contributed by atoms with E-state index >= 15 is 0 Å². The molecule has 3 atom stereocenters. The fourth-order valence-corrected chi connectivity index (χ4v) is 9.20. The molecule has 4 aliphatic rings. The lowest BCUT2D eigenvalue weighted by molar-refractivity contribution is -0.136. The van der Waals surface area contributed by atoms with E-state index in [-0.39, 0.29) is 35.4 Å². The van der Waals surface area contributed by atoms with Crippen LogP contribution >= 0.6 is 0 Å². The molecular weight excluding hydrogens is 747 g/mol. The highest BCUT2D eigenvalue weighted by Crippen LogP contribution is 2.58. The van der Waals surface area contributed by atoms with Crippen molar-refractivity contribution < 1.29 is 28.6 Å². The highest BCUT2D eigenvalue weighted by Gasteiger charge is 2.55. The first-order valence-electron chi connectivity index (χ1n) is 20.9. The average molecular weight is 800 g/mol. The van der Waals surface area contributed by atoms with Gasteiger partial charge in [-0.05, 0) is 117 Å². The minimum Gasteiger partial charge on any atom is -0.453 e. The maximum atomic E-state index is 14.0. The maximum Gasteiger partial charge on any atom is 0.410 e. The Morgan fingerprint density at radius 3 is 2.08 bits per heavy atom. The zero-order chi connectivity index (χ0) is 40.9. The summed E-state index contributed by atoms with van der Waals surface area (Å²) in [7, 11) is 1.31. The van der Waals surface area contributed by atoms with Crippen molar-refractivity contribution in [2.24, 2.45) is 11.3 Å². The Hall–Kier alpha value is -5.69. The highest BCUT2D eigenvalue weighted by atomic mass is 16.6. The number of fused-ring (bicyclic) bond motifs is 1. The number of alkyl carbamates (subject to hydrolysis) is 1. The number of hydrogen-bond donors (Lipinski definition) is 3. The second kappa shape index (κ2) is 15.5. The Morgan fingerprint density at radius 1 is 0.814 bits per heavy atom. The molecule has 59 heavy (non-hydrogen) atoms. The van der Waals surface area contributed by atoms with E-state index in [9.17, 15) is 14.4 Å². The summed E-state index contributed by atoms with van der Waals surface area (Å²) in [6.07, 6.45) is 9.06. The van der Waals surface area contributed by atoms with Crippen molar-refractivity contribution in [2.75, 3.05) is 33.4 Å². The predicted molar refractivity (Wildman–Crippen MR) is 223 cm³/mol. The van der Waals surface area contributed by atoms with Gasteiger partial charge in [-0.25, -0.2) is 19.6 Å². The van der Waals surface area contributed by atoms with Crippen LogP contribution in [-0.4, -0.2) is 92.9 Å². The van der Waals surface area contributed by atoms with Crippen LogP contribution in [0.2, 0.25) is 0 Å². The first-order chi connectivity index (χ1) is 28.5.